The highest BCUT2D eigenvalue weighted by molar-refractivity contribution is 6.03. The van der Waals surface area contributed by atoms with Crippen LogP contribution in [0, 0.1) is 11.8 Å². The summed E-state index contributed by atoms with van der Waals surface area (Å²) in [4.78, 5) is 38.7. The second-order valence-electron chi connectivity index (χ2n) is 9.31. The zero-order valence-electron chi connectivity index (χ0n) is 19.9. The molecule has 0 atom stereocenters. The van der Waals surface area contributed by atoms with Gasteiger partial charge in [-0.3, -0.25) is 14.5 Å². The average molecular weight is 485 g/mol. The predicted molar refractivity (Wildman–Crippen MR) is 138 cm³/mol. The van der Waals surface area contributed by atoms with Crippen LogP contribution in [0.1, 0.15) is 36.0 Å². The lowest BCUT2D eigenvalue weighted by molar-refractivity contribution is -0.143. The van der Waals surface area contributed by atoms with Gasteiger partial charge in [0.2, 0.25) is 0 Å². The number of fused-ring (bicyclic) bond motifs is 1. The van der Waals surface area contributed by atoms with Crippen molar-refractivity contribution in [3.05, 3.63) is 78.4 Å². The van der Waals surface area contributed by atoms with Gasteiger partial charge >= 0.3 is 12.0 Å². The van der Waals surface area contributed by atoms with Crippen LogP contribution in [0.3, 0.4) is 0 Å². The van der Waals surface area contributed by atoms with E-state index in [0.717, 1.165) is 16.8 Å². The predicted octanol–water partition coefficient (Wildman–Crippen LogP) is 5.86. The number of rotatable bonds is 5. The van der Waals surface area contributed by atoms with Gasteiger partial charge in [0, 0.05) is 17.2 Å². The molecule has 3 aromatic carbocycles. The molecule has 0 unspecified atom stereocenters. The largest absolute Gasteiger partial charge is 0.490 e. The third-order valence-corrected chi connectivity index (χ3v) is 7.04. The highest BCUT2D eigenvalue weighted by Gasteiger charge is 2.30. The Labute approximate surface area is 209 Å². The summed E-state index contributed by atoms with van der Waals surface area (Å²) in [6.07, 6.45) is 2.35. The van der Waals surface area contributed by atoms with E-state index in [1.807, 2.05) is 72.8 Å². The molecule has 2 aliphatic rings. The van der Waals surface area contributed by atoms with Crippen molar-refractivity contribution < 1.29 is 24.2 Å². The molecule has 1 fully saturated rings. The standard InChI is InChI=1S/C29H28N2O5/c32-27(21-10-12-22(13-11-21)28(33)34)20-8-6-19(7-9-20)23-14-15-25-26(18-23)36-17-16-31(25)29(35)30-24-4-2-1-3-5-24/h1-9,14-15,18,21-22H,10-13,16-17H2,(H,30,35)(H,33,34). The number of urea groups is 1. The van der Waals surface area contributed by atoms with Crippen LogP contribution in [-0.2, 0) is 4.79 Å². The first kappa shape index (κ1) is 23.6. The van der Waals surface area contributed by atoms with E-state index in [1.54, 1.807) is 4.90 Å². The molecule has 1 heterocycles. The van der Waals surface area contributed by atoms with Crippen molar-refractivity contribution in [2.24, 2.45) is 11.8 Å². The van der Waals surface area contributed by atoms with Crippen molar-refractivity contribution in [3.63, 3.8) is 0 Å². The molecule has 1 aliphatic heterocycles. The van der Waals surface area contributed by atoms with Gasteiger partial charge in [-0.05, 0) is 61.1 Å². The molecule has 3 aromatic rings. The Balaban J connectivity index is 1.28. The molecule has 2 amide bonds. The van der Waals surface area contributed by atoms with Gasteiger partial charge in [0.05, 0.1) is 18.2 Å². The molecule has 0 saturated heterocycles. The lowest BCUT2D eigenvalue weighted by atomic mass is 9.78. The molecule has 1 aliphatic carbocycles. The van der Waals surface area contributed by atoms with Crippen LogP contribution in [0.4, 0.5) is 16.2 Å². The molecular formula is C29H28N2O5. The number of amides is 2. The topological polar surface area (TPSA) is 95.9 Å². The van der Waals surface area contributed by atoms with Gasteiger partial charge in [0.1, 0.15) is 12.4 Å². The van der Waals surface area contributed by atoms with Crippen LogP contribution < -0.4 is 15.0 Å². The van der Waals surface area contributed by atoms with Gasteiger partial charge in [-0.15, -0.1) is 0 Å². The van der Waals surface area contributed by atoms with E-state index >= 15 is 0 Å². The van der Waals surface area contributed by atoms with Crippen LogP contribution in [0.2, 0.25) is 0 Å². The Kier molecular flexibility index (Phi) is 6.71. The highest BCUT2D eigenvalue weighted by Crippen LogP contribution is 2.37. The van der Waals surface area contributed by atoms with Gasteiger partial charge in [0.15, 0.2) is 5.78 Å². The van der Waals surface area contributed by atoms with E-state index in [0.29, 0.717) is 55.8 Å². The number of anilines is 2. The summed E-state index contributed by atoms with van der Waals surface area (Å²) in [7, 11) is 0. The maximum Gasteiger partial charge on any atom is 0.326 e. The van der Waals surface area contributed by atoms with Crippen molar-refractivity contribution in [2.45, 2.75) is 25.7 Å². The first-order chi connectivity index (χ1) is 17.5. The zero-order chi connectivity index (χ0) is 25.1. The molecule has 0 radical (unpaired) electrons. The Bertz CT molecular complexity index is 1260. The SMILES string of the molecule is O=C(O)C1CCC(C(=O)c2ccc(-c3ccc4c(c3)OCCN4C(=O)Nc3ccccc3)cc2)CC1. The number of carbonyl (C=O) groups is 3. The van der Waals surface area contributed by atoms with Crippen molar-refractivity contribution >= 4 is 29.2 Å². The number of ketones is 1. The Morgan fingerprint density at radius 3 is 2.19 bits per heavy atom. The van der Waals surface area contributed by atoms with E-state index < -0.39 is 5.97 Å². The van der Waals surface area contributed by atoms with Crippen molar-refractivity contribution in [1.82, 2.24) is 0 Å². The fourth-order valence-corrected chi connectivity index (χ4v) is 4.99. The fourth-order valence-electron chi connectivity index (χ4n) is 4.99. The number of Topliss-reactive ketones (excluding diaryl/α,β-unsaturated/α-hetero) is 1. The molecule has 1 saturated carbocycles. The number of ether oxygens (including phenoxy) is 1. The molecule has 184 valence electrons. The van der Waals surface area contributed by atoms with Crippen LogP contribution in [0.25, 0.3) is 11.1 Å². The number of nitrogens with one attached hydrogen (secondary N) is 1. The second-order valence-corrected chi connectivity index (χ2v) is 9.31. The summed E-state index contributed by atoms with van der Waals surface area (Å²) < 4.78 is 5.87. The van der Waals surface area contributed by atoms with E-state index in [-0.39, 0.29) is 23.7 Å². The maximum atomic E-state index is 12.9. The molecule has 5 rings (SSSR count). The minimum absolute atomic E-state index is 0.0826. The third-order valence-electron chi connectivity index (χ3n) is 7.04. The van der Waals surface area contributed by atoms with Gasteiger partial charge in [-0.1, -0.05) is 48.5 Å². The third kappa shape index (κ3) is 4.96. The first-order valence-corrected chi connectivity index (χ1v) is 12.3. The number of carboxylic acid groups (broad SMARTS) is 1. The highest BCUT2D eigenvalue weighted by atomic mass is 16.5. The van der Waals surface area contributed by atoms with E-state index in [1.165, 1.54) is 0 Å². The number of carbonyl (C=O) groups excluding carboxylic acids is 2. The van der Waals surface area contributed by atoms with Gasteiger partial charge in [0.25, 0.3) is 0 Å². The van der Waals surface area contributed by atoms with Crippen molar-refractivity contribution in [3.8, 4) is 16.9 Å². The Morgan fingerprint density at radius 2 is 1.50 bits per heavy atom. The number of hydrogen-bond acceptors (Lipinski definition) is 4. The van der Waals surface area contributed by atoms with E-state index in [4.69, 9.17) is 4.74 Å². The smallest absolute Gasteiger partial charge is 0.326 e. The minimum Gasteiger partial charge on any atom is -0.490 e. The Hall–Kier alpha value is -4.13. The van der Waals surface area contributed by atoms with Crippen LogP contribution in [0.15, 0.2) is 72.8 Å². The zero-order valence-corrected chi connectivity index (χ0v) is 19.9. The van der Waals surface area contributed by atoms with E-state index in [9.17, 15) is 19.5 Å². The van der Waals surface area contributed by atoms with Crippen LogP contribution >= 0.6 is 0 Å². The number of benzene rings is 3. The summed E-state index contributed by atoms with van der Waals surface area (Å²) in [5, 5.41) is 12.1. The lowest BCUT2D eigenvalue weighted by Crippen LogP contribution is -2.40. The lowest BCUT2D eigenvalue weighted by Gasteiger charge is -2.30. The number of hydrogen-bond donors (Lipinski definition) is 2. The summed E-state index contributed by atoms with van der Waals surface area (Å²) in [6.45, 7) is 0.854. The summed E-state index contributed by atoms with van der Waals surface area (Å²) in [5.41, 5.74) is 3.97. The Morgan fingerprint density at radius 1 is 0.833 bits per heavy atom. The molecule has 0 spiro atoms. The summed E-state index contributed by atoms with van der Waals surface area (Å²) in [6, 6.07) is 22.4. The quantitative estimate of drug-likeness (QED) is 0.442. The van der Waals surface area contributed by atoms with Crippen molar-refractivity contribution in [1.29, 1.82) is 0 Å². The minimum atomic E-state index is -0.765. The van der Waals surface area contributed by atoms with Gasteiger partial charge in [-0.25, -0.2) is 4.79 Å². The number of carboxylic acids is 1. The molecule has 7 heteroatoms. The molecule has 2 N–H and O–H groups in total. The van der Waals surface area contributed by atoms with E-state index in [2.05, 4.69) is 5.32 Å². The molecule has 0 bridgehead atoms. The van der Waals surface area contributed by atoms with Gasteiger partial charge in [-0.2, -0.15) is 0 Å². The number of nitrogens with zero attached hydrogens (tertiary/aromatic N) is 1. The molecule has 7 nitrogen and oxygen atoms in total. The van der Waals surface area contributed by atoms with Crippen molar-refractivity contribution in [2.75, 3.05) is 23.4 Å². The van der Waals surface area contributed by atoms with Gasteiger partial charge < -0.3 is 15.2 Å². The molecule has 36 heavy (non-hydrogen) atoms. The summed E-state index contributed by atoms with van der Waals surface area (Å²) in [5.74, 6) is -0.490. The van der Waals surface area contributed by atoms with Crippen LogP contribution in [-0.4, -0.2) is 36.0 Å². The normalized spacial score (nSPS) is 19.1. The average Bonchev–Trinajstić information content (AvgIpc) is 2.92. The molecule has 0 aromatic heterocycles. The summed E-state index contributed by atoms with van der Waals surface area (Å²) >= 11 is 0. The maximum absolute atomic E-state index is 12.9. The monoisotopic (exact) mass is 484 g/mol. The second kappa shape index (κ2) is 10.2. The number of para-hydroxylation sites is 1. The molecular weight excluding hydrogens is 456 g/mol. The van der Waals surface area contributed by atoms with Crippen LogP contribution in [0.5, 0.6) is 5.75 Å². The number of aliphatic carboxylic acids is 1. The fraction of sp³-hybridized carbons (Fsp3) is 0.276. The first-order valence-electron chi connectivity index (χ1n) is 12.3.